The van der Waals surface area contributed by atoms with Crippen LogP contribution in [0.3, 0.4) is 0 Å². The van der Waals surface area contributed by atoms with Gasteiger partial charge in [0.15, 0.2) is 0 Å². The first kappa shape index (κ1) is 6.56. The predicted octanol–water partition coefficient (Wildman–Crippen LogP) is 1.03. The zero-order chi connectivity index (χ0) is 5.86. The topological polar surface area (TPSA) is 26.1 Å². The van der Waals surface area contributed by atoms with Crippen molar-refractivity contribution < 1.29 is 4.74 Å². The van der Waals surface area contributed by atoms with E-state index in [1.54, 1.807) is 6.26 Å². The summed E-state index contributed by atoms with van der Waals surface area (Å²) in [4.78, 5) is 0. The lowest BCUT2D eigenvalue weighted by atomic mass is 11.0. The van der Waals surface area contributed by atoms with Gasteiger partial charge in [-0.3, -0.25) is 0 Å². The van der Waals surface area contributed by atoms with Crippen LogP contribution in [0.25, 0.3) is 0 Å². The van der Waals surface area contributed by atoms with Crippen molar-refractivity contribution >= 4 is 18.5 Å². The third-order valence-electron chi connectivity index (χ3n) is 0.514. The summed E-state index contributed by atoms with van der Waals surface area (Å²) >= 11 is 1.29. The molecule has 0 aliphatic carbocycles. The van der Waals surface area contributed by atoms with E-state index in [9.17, 15) is 5.21 Å². The molecular weight excluding hydrogens is 110 g/mol. The maximum atomic E-state index is 10.1. The van der Waals surface area contributed by atoms with Crippen molar-refractivity contribution in [2.45, 2.75) is 0 Å². The maximum Gasteiger partial charge on any atom is 0.243 e. The first-order valence-electron chi connectivity index (χ1n) is 1.69. The summed E-state index contributed by atoms with van der Waals surface area (Å²) in [5.41, 5.74) is 0. The summed E-state index contributed by atoms with van der Waals surface area (Å²) in [5.74, 6) is 0. The van der Waals surface area contributed by atoms with E-state index in [-0.39, 0.29) is 0 Å². The molecule has 40 valence electrons. The van der Waals surface area contributed by atoms with E-state index in [4.69, 9.17) is 0 Å². The van der Waals surface area contributed by atoms with Crippen molar-refractivity contribution in [3.63, 3.8) is 0 Å². The summed E-state index contributed by atoms with van der Waals surface area (Å²) < 4.78 is 0.491. The van der Waals surface area contributed by atoms with Crippen molar-refractivity contribution in [1.29, 1.82) is 0 Å². The Morgan fingerprint density at radius 1 is 1.86 bits per heavy atom. The van der Waals surface area contributed by atoms with E-state index in [2.05, 4.69) is 13.3 Å². The van der Waals surface area contributed by atoms with Gasteiger partial charge in [-0.15, -0.1) is 0 Å². The van der Waals surface area contributed by atoms with E-state index in [0.717, 1.165) is 0 Å². The quantitative estimate of drug-likeness (QED) is 0.234. The van der Waals surface area contributed by atoms with Crippen molar-refractivity contribution in [2.75, 3.05) is 6.26 Å². The van der Waals surface area contributed by atoms with E-state index >= 15 is 0 Å². The van der Waals surface area contributed by atoms with Crippen molar-refractivity contribution in [3.8, 4) is 0 Å². The van der Waals surface area contributed by atoms with Gasteiger partial charge in [-0.25, -0.2) is 0 Å². The predicted molar refractivity (Wildman–Crippen MR) is 33.4 cm³/mol. The molecule has 0 aromatic rings. The second kappa shape index (κ2) is 2.69. The minimum Gasteiger partial charge on any atom is -0.618 e. The van der Waals surface area contributed by atoms with Crippen LogP contribution in [0.15, 0.2) is 11.6 Å². The lowest BCUT2D eigenvalue weighted by Crippen LogP contribution is -1.91. The molecule has 0 aliphatic heterocycles. The average molecular weight is 117 g/mol. The number of rotatable bonds is 2. The zero-order valence-electron chi connectivity index (χ0n) is 4.18. The van der Waals surface area contributed by atoms with Gasteiger partial charge in [0.2, 0.25) is 5.03 Å². The Labute approximate surface area is 47.1 Å². The van der Waals surface area contributed by atoms with Gasteiger partial charge >= 0.3 is 0 Å². The van der Waals surface area contributed by atoms with Gasteiger partial charge in [0.05, 0.1) is 0 Å². The van der Waals surface area contributed by atoms with Gasteiger partial charge in [0.1, 0.15) is 6.72 Å². The van der Waals surface area contributed by atoms with Crippen molar-refractivity contribution in [3.05, 3.63) is 16.8 Å². The zero-order valence-corrected chi connectivity index (χ0v) is 4.99. The number of hydroxylamine groups is 1. The molecule has 0 fully saturated rings. The highest BCUT2D eigenvalue weighted by Crippen LogP contribution is 2.06. The van der Waals surface area contributed by atoms with Gasteiger partial charge in [-0.2, -0.15) is 4.74 Å². The molecule has 0 aliphatic rings. The Morgan fingerprint density at radius 2 is 2.29 bits per heavy atom. The molecule has 0 heterocycles. The van der Waals surface area contributed by atoms with Crippen LogP contribution in [0, 0.1) is 5.21 Å². The molecule has 0 spiro atoms. The molecule has 0 saturated carbocycles. The Morgan fingerprint density at radius 3 is 2.29 bits per heavy atom. The fourth-order valence-electron chi connectivity index (χ4n) is 0.102. The van der Waals surface area contributed by atoms with Gasteiger partial charge < -0.3 is 5.21 Å². The van der Waals surface area contributed by atoms with Crippen LogP contribution in [0.4, 0.5) is 0 Å². The molecule has 7 heavy (non-hydrogen) atoms. The highest BCUT2D eigenvalue weighted by molar-refractivity contribution is 8.02. The second-order valence-electron chi connectivity index (χ2n) is 0.976. The monoisotopic (exact) mass is 117 g/mol. The Bertz CT molecular complexity index is 99.9. The third kappa shape index (κ3) is 2.28. The fourth-order valence-corrected chi connectivity index (χ4v) is 0.305. The number of nitrogens with zero attached hydrogens (tertiary/aromatic N) is 1. The van der Waals surface area contributed by atoms with Crippen LogP contribution in [0.5, 0.6) is 0 Å². The van der Waals surface area contributed by atoms with E-state index in [1.807, 2.05) is 0 Å². The third-order valence-corrected chi connectivity index (χ3v) is 1.19. The van der Waals surface area contributed by atoms with Gasteiger partial charge in [-0.1, -0.05) is 11.8 Å². The number of hydrogen-bond donors (Lipinski definition) is 0. The molecule has 0 aromatic carbocycles. The molecule has 0 amide bonds. The first-order valence-corrected chi connectivity index (χ1v) is 2.91. The van der Waals surface area contributed by atoms with Crippen LogP contribution >= 0.6 is 11.8 Å². The molecular formula is C4H7NOS. The summed E-state index contributed by atoms with van der Waals surface area (Å²) in [7, 11) is 0. The largest absolute Gasteiger partial charge is 0.618 e. The highest BCUT2D eigenvalue weighted by atomic mass is 32.2. The smallest absolute Gasteiger partial charge is 0.243 e. The second-order valence-corrected chi connectivity index (χ2v) is 1.86. The summed E-state index contributed by atoms with van der Waals surface area (Å²) in [6.45, 7) is 6.45. The van der Waals surface area contributed by atoms with Crippen molar-refractivity contribution in [1.82, 2.24) is 0 Å². The molecule has 0 saturated heterocycles. The van der Waals surface area contributed by atoms with Crippen LogP contribution in [0.2, 0.25) is 0 Å². The van der Waals surface area contributed by atoms with Crippen LogP contribution in [0.1, 0.15) is 0 Å². The van der Waals surface area contributed by atoms with E-state index < -0.39 is 0 Å². The van der Waals surface area contributed by atoms with Crippen LogP contribution in [-0.2, 0) is 0 Å². The van der Waals surface area contributed by atoms with Gasteiger partial charge in [0.25, 0.3) is 0 Å². The Kier molecular flexibility index (Phi) is 2.52. The first-order chi connectivity index (χ1) is 3.18. The van der Waals surface area contributed by atoms with Crippen LogP contribution < -0.4 is 0 Å². The molecule has 0 N–H and O–H groups in total. The Balaban J connectivity index is 3.58. The van der Waals surface area contributed by atoms with E-state index in [1.165, 1.54) is 11.8 Å². The maximum absolute atomic E-state index is 10.1. The van der Waals surface area contributed by atoms with E-state index in [0.29, 0.717) is 9.77 Å². The average Bonchev–Trinajstić information content (AvgIpc) is 1.65. The summed E-state index contributed by atoms with van der Waals surface area (Å²) in [5, 5.41) is 10.5. The minimum atomic E-state index is 0.431. The SMILES string of the molecule is C=C(SC)[N+](=C)[O-]. The molecule has 0 atom stereocenters. The normalized spacial score (nSPS) is 8.14. The summed E-state index contributed by atoms with van der Waals surface area (Å²) in [6, 6.07) is 0. The standard InChI is InChI=1S/C4H7NOS/c1-4(7-3)5(2)6/h1-2H2,3H3. The molecule has 0 radical (unpaired) electrons. The molecule has 3 heteroatoms. The van der Waals surface area contributed by atoms with Crippen LogP contribution in [-0.4, -0.2) is 17.7 Å². The highest BCUT2D eigenvalue weighted by Gasteiger charge is 1.91. The molecule has 2 nitrogen and oxygen atoms in total. The molecule has 0 rings (SSSR count). The molecule has 0 bridgehead atoms. The molecule has 0 unspecified atom stereocenters. The van der Waals surface area contributed by atoms with Gasteiger partial charge in [0, 0.05) is 0 Å². The number of thioether (sulfide) groups is 1. The Hall–Kier alpha value is -0.440. The molecule has 0 aromatic heterocycles. The lowest BCUT2D eigenvalue weighted by molar-refractivity contribution is -0.375. The fraction of sp³-hybridized carbons (Fsp3) is 0.250. The van der Waals surface area contributed by atoms with Gasteiger partial charge in [-0.05, 0) is 12.8 Å². The minimum absolute atomic E-state index is 0.431. The lowest BCUT2D eigenvalue weighted by Gasteiger charge is -1.96. The summed E-state index contributed by atoms with van der Waals surface area (Å²) in [6.07, 6.45) is 1.78. The number of hydrogen-bond acceptors (Lipinski definition) is 2. The van der Waals surface area contributed by atoms with Crippen molar-refractivity contribution in [2.24, 2.45) is 0 Å².